The lowest BCUT2D eigenvalue weighted by molar-refractivity contribution is -0.118. The van der Waals surface area contributed by atoms with Crippen LogP contribution in [-0.2, 0) is 19.4 Å². The fourth-order valence-electron chi connectivity index (χ4n) is 3.32. The molecule has 6 nitrogen and oxygen atoms in total. The molecule has 1 aliphatic rings. The first-order valence-electron chi connectivity index (χ1n) is 9.13. The van der Waals surface area contributed by atoms with Gasteiger partial charge in [-0.1, -0.05) is 12.1 Å². The van der Waals surface area contributed by atoms with Crippen LogP contribution in [0.3, 0.4) is 0 Å². The number of carbonyl (C=O) groups is 1. The van der Waals surface area contributed by atoms with Crippen LogP contribution in [0.2, 0.25) is 0 Å². The van der Waals surface area contributed by atoms with Gasteiger partial charge in [0, 0.05) is 19.5 Å². The minimum Gasteiger partial charge on any atom is -0.381 e. The number of aromatic nitrogens is 1. The maximum absolute atomic E-state index is 13.1. The van der Waals surface area contributed by atoms with E-state index >= 15 is 0 Å². The highest BCUT2D eigenvalue weighted by Gasteiger charge is 2.27. The van der Waals surface area contributed by atoms with Gasteiger partial charge in [0.15, 0.2) is 9.84 Å². The van der Waals surface area contributed by atoms with Gasteiger partial charge in [-0.25, -0.2) is 17.8 Å². The zero-order valence-corrected chi connectivity index (χ0v) is 16.4. The first-order chi connectivity index (χ1) is 13.3. The first kappa shape index (κ1) is 20.4. The number of amides is 1. The Bertz CT molecular complexity index is 908. The molecule has 3 rings (SSSR count). The van der Waals surface area contributed by atoms with Crippen molar-refractivity contribution in [2.45, 2.75) is 30.1 Å². The number of benzene rings is 1. The molecule has 1 atom stereocenters. The average molecular weight is 406 g/mol. The van der Waals surface area contributed by atoms with Crippen LogP contribution in [0.25, 0.3) is 0 Å². The number of pyridine rings is 1. The number of sulfone groups is 1. The summed E-state index contributed by atoms with van der Waals surface area (Å²) in [5.74, 6) is -0.592. The van der Waals surface area contributed by atoms with Crippen LogP contribution in [0, 0.1) is 11.7 Å². The standard InChI is InChI=1S/C20H23FN2O4S/c1-28(25,26)17-5-2-15(3-6-17)18(12-14-8-10-27-11-9-14)20(24)23-19-7-4-16(21)13-22-19/h2-7,13-14,18H,8-12H2,1H3,(H,22,23,24)/t18-/m1/s1. The zero-order valence-electron chi connectivity index (χ0n) is 15.6. The Morgan fingerprint density at radius 3 is 2.46 bits per heavy atom. The molecule has 0 radical (unpaired) electrons. The van der Waals surface area contributed by atoms with E-state index in [1.165, 1.54) is 24.3 Å². The van der Waals surface area contributed by atoms with Gasteiger partial charge in [-0.15, -0.1) is 0 Å². The Balaban J connectivity index is 1.83. The van der Waals surface area contributed by atoms with E-state index in [1.807, 2.05) is 0 Å². The Hall–Kier alpha value is -2.32. The van der Waals surface area contributed by atoms with E-state index in [1.54, 1.807) is 12.1 Å². The second kappa shape index (κ2) is 8.79. The highest BCUT2D eigenvalue weighted by atomic mass is 32.2. The largest absolute Gasteiger partial charge is 0.381 e. The van der Waals surface area contributed by atoms with Crippen LogP contribution >= 0.6 is 0 Å². The Kier molecular flexibility index (Phi) is 6.41. The van der Waals surface area contributed by atoms with E-state index < -0.39 is 21.6 Å². The van der Waals surface area contributed by atoms with Crippen molar-refractivity contribution >= 4 is 21.6 Å². The van der Waals surface area contributed by atoms with E-state index in [2.05, 4.69) is 10.3 Å². The fraction of sp³-hybridized carbons (Fsp3) is 0.400. The van der Waals surface area contributed by atoms with Crippen LogP contribution in [-0.4, -0.2) is 38.8 Å². The molecule has 8 heteroatoms. The summed E-state index contributed by atoms with van der Waals surface area (Å²) in [5, 5.41) is 2.74. The molecule has 2 heterocycles. The highest BCUT2D eigenvalue weighted by Crippen LogP contribution is 2.31. The number of rotatable bonds is 6. The SMILES string of the molecule is CS(=O)(=O)c1ccc([C@@H](CC2CCOCC2)C(=O)Nc2ccc(F)cn2)cc1. The third-order valence-electron chi connectivity index (χ3n) is 4.92. The molecule has 1 saturated heterocycles. The molecule has 150 valence electrons. The van der Waals surface area contributed by atoms with Crippen LogP contribution in [0.1, 0.15) is 30.7 Å². The highest BCUT2D eigenvalue weighted by molar-refractivity contribution is 7.90. The number of hydrogen-bond donors (Lipinski definition) is 1. The zero-order chi connectivity index (χ0) is 20.1. The minimum atomic E-state index is -3.31. The Morgan fingerprint density at radius 1 is 1.21 bits per heavy atom. The quantitative estimate of drug-likeness (QED) is 0.796. The molecule has 0 saturated carbocycles. The topological polar surface area (TPSA) is 85.4 Å². The van der Waals surface area contributed by atoms with Gasteiger partial charge in [0.05, 0.1) is 17.0 Å². The van der Waals surface area contributed by atoms with Crippen molar-refractivity contribution in [1.82, 2.24) is 4.98 Å². The van der Waals surface area contributed by atoms with Gasteiger partial charge in [-0.2, -0.15) is 0 Å². The van der Waals surface area contributed by atoms with Crippen molar-refractivity contribution in [3.8, 4) is 0 Å². The number of hydrogen-bond acceptors (Lipinski definition) is 5. The summed E-state index contributed by atoms with van der Waals surface area (Å²) in [6, 6.07) is 9.04. The van der Waals surface area contributed by atoms with Crippen LogP contribution < -0.4 is 5.32 Å². The lowest BCUT2D eigenvalue weighted by Gasteiger charge is -2.26. The molecule has 0 spiro atoms. The van der Waals surface area contributed by atoms with Gasteiger partial charge >= 0.3 is 0 Å². The van der Waals surface area contributed by atoms with Crippen molar-refractivity contribution in [3.05, 3.63) is 54.0 Å². The second-order valence-electron chi connectivity index (χ2n) is 7.04. The smallest absolute Gasteiger partial charge is 0.233 e. The Labute approximate surface area is 164 Å². The minimum absolute atomic E-state index is 0.210. The molecule has 1 aliphatic heterocycles. The summed E-state index contributed by atoms with van der Waals surface area (Å²) in [6.07, 6.45) is 4.56. The van der Waals surface area contributed by atoms with E-state index in [4.69, 9.17) is 4.74 Å². The third-order valence-corrected chi connectivity index (χ3v) is 6.04. The third kappa shape index (κ3) is 5.36. The van der Waals surface area contributed by atoms with Crippen LogP contribution in [0.5, 0.6) is 0 Å². The van der Waals surface area contributed by atoms with Gasteiger partial charge in [0.25, 0.3) is 0 Å². The summed E-state index contributed by atoms with van der Waals surface area (Å²) in [7, 11) is -3.31. The molecule has 2 aromatic rings. The molecule has 1 amide bonds. The van der Waals surface area contributed by atoms with Crippen molar-refractivity contribution in [3.63, 3.8) is 0 Å². The van der Waals surface area contributed by atoms with Crippen molar-refractivity contribution in [1.29, 1.82) is 0 Å². The molecular weight excluding hydrogens is 383 g/mol. The lowest BCUT2D eigenvalue weighted by atomic mass is 9.84. The van der Waals surface area contributed by atoms with Gasteiger partial charge < -0.3 is 10.1 Å². The number of nitrogens with one attached hydrogen (secondary N) is 1. The molecule has 1 N–H and O–H groups in total. The molecular formula is C20H23FN2O4S. The van der Waals surface area contributed by atoms with E-state index in [0.29, 0.717) is 25.6 Å². The maximum Gasteiger partial charge on any atom is 0.233 e. The lowest BCUT2D eigenvalue weighted by Crippen LogP contribution is -2.26. The van der Waals surface area contributed by atoms with E-state index in [0.717, 1.165) is 30.9 Å². The van der Waals surface area contributed by atoms with Crippen molar-refractivity contribution in [2.24, 2.45) is 5.92 Å². The normalized spacial score (nSPS) is 16.5. The molecule has 28 heavy (non-hydrogen) atoms. The predicted octanol–water partition coefficient (Wildman–Crippen LogP) is 3.16. The van der Waals surface area contributed by atoms with Crippen LogP contribution in [0.4, 0.5) is 10.2 Å². The second-order valence-corrected chi connectivity index (χ2v) is 9.05. The van der Waals surface area contributed by atoms with E-state index in [-0.39, 0.29) is 16.6 Å². The molecule has 0 bridgehead atoms. The monoisotopic (exact) mass is 406 g/mol. The molecule has 1 aromatic carbocycles. The summed E-state index contributed by atoms with van der Waals surface area (Å²) >= 11 is 0. The van der Waals surface area contributed by atoms with Crippen molar-refractivity contribution < 1.29 is 22.3 Å². The van der Waals surface area contributed by atoms with E-state index in [9.17, 15) is 17.6 Å². The number of nitrogens with zero attached hydrogens (tertiary/aromatic N) is 1. The number of anilines is 1. The predicted molar refractivity (Wildman–Crippen MR) is 103 cm³/mol. The number of ether oxygens (including phenoxy) is 1. The molecule has 0 unspecified atom stereocenters. The maximum atomic E-state index is 13.1. The summed E-state index contributed by atoms with van der Waals surface area (Å²) in [6.45, 7) is 1.34. The molecule has 0 aliphatic carbocycles. The van der Waals surface area contributed by atoms with Gasteiger partial charge in [0.2, 0.25) is 5.91 Å². The first-order valence-corrected chi connectivity index (χ1v) is 11.0. The molecule has 1 aromatic heterocycles. The summed E-state index contributed by atoms with van der Waals surface area (Å²) < 4.78 is 41.9. The van der Waals surface area contributed by atoms with Gasteiger partial charge in [0.1, 0.15) is 11.6 Å². The Morgan fingerprint density at radius 2 is 1.89 bits per heavy atom. The summed E-state index contributed by atoms with van der Waals surface area (Å²) in [5.41, 5.74) is 0.735. The average Bonchev–Trinajstić information content (AvgIpc) is 2.68. The number of carbonyl (C=O) groups excluding carboxylic acids is 1. The summed E-state index contributed by atoms with van der Waals surface area (Å²) in [4.78, 5) is 17.1. The van der Waals surface area contributed by atoms with Crippen molar-refractivity contribution in [2.75, 3.05) is 24.8 Å². The molecule has 1 fully saturated rings. The van der Waals surface area contributed by atoms with Crippen LogP contribution in [0.15, 0.2) is 47.5 Å². The van der Waals surface area contributed by atoms with Gasteiger partial charge in [-0.05, 0) is 55.0 Å². The van der Waals surface area contributed by atoms with Gasteiger partial charge in [-0.3, -0.25) is 4.79 Å². The fourth-order valence-corrected chi connectivity index (χ4v) is 3.95. The number of halogens is 1.